The lowest BCUT2D eigenvalue weighted by atomic mass is 10.2. The summed E-state index contributed by atoms with van der Waals surface area (Å²) >= 11 is 0. The Morgan fingerprint density at radius 2 is 2.06 bits per heavy atom. The normalized spacial score (nSPS) is 10.1. The molecule has 0 saturated heterocycles. The van der Waals surface area contributed by atoms with Crippen molar-refractivity contribution in [1.82, 2.24) is 20.3 Å². The minimum Gasteiger partial charge on any atom is -0.311 e. The van der Waals surface area contributed by atoms with Crippen LogP contribution in [0.4, 0.5) is 0 Å². The molecule has 0 bridgehead atoms. The van der Waals surface area contributed by atoms with Crippen LogP contribution in [0, 0.1) is 5.92 Å². The van der Waals surface area contributed by atoms with Crippen LogP contribution in [0.25, 0.3) is 0 Å². The summed E-state index contributed by atoms with van der Waals surface area (Å²) in [7, 11) is 0. The smallest absolute Gasteiger partial charge is 0.0964 e. The first kappa shape index (κ1) is 15.1. The Kier molecular flexibility index (Phi) is 8.81. The van der Waals surface area contributed by atoms with Crippen LogP contribution < -0.4 is 5.32 Å². The fourth-order valence-corrected chi connectivity index (χ4v) is 1.28. The zero-order valence-electron chi connectivity index (χ0n) is 11.3. The summed E-state index contributed by atoms with van der Waals surface area (Å²) in [6.45, 7) is 13.3. The maximum absolute atomic E-state index is 4.09. The second-order valence-corrected chi connectivity index (χ2v) is 4.00. The molecule has 0 aliphatic rings. The largest absolute Gasteiger partial charge is 0.311 e. The van der Waals surface area contributed by atoms with E-state index >= 15 is 0 Å². The second kappa shape index (κ2) is 9.33. The summed E-state index contributed by atoms with van der Waals surface area (Å²) in [5.41, 5.74) is 1.03. The third kappa shape index (κ3) is 6.56. The summed E-state index contributed by atoms with van der Waals surface area (Å²) in [6.07, 6.45) is 3.17. The third-order valence-electron chi connectivity index (χ3n) is 1.87. The van der Waals surface area contributed by atoms with Crippen LogP contribution in [-0.2, 0) is 13.1 Å². The molecule has 1 N–H and O–H groups in total. The van der Waals surface area contributed by atoms with Crippen LogP contribution in [0.3, 0.4) is 0 Å². The van der Waals surface area contributed by atoms with Gasteiger partial charge in [0.15, 0.2) is 0 Å². The maximum atomic E-state index is 4.09. The summed E-state index contributed by atoms with van der Waals surface area (Å²) in [4.78, 5) is 0. The Hall–Kier alpha value is -0.900. The molecule has 4 nitrogen and oxygen atoms in total. The van der Waals surface area contributed by atoms with Gasteiger partial charge in [-0.2, -0.15) is 0 Å². The molecule has 1 rings (SSSR count). The van der Waals surface area contributed by atoms with Crippen molar-refractivity contribution >= 4 is 0 Å². The average molecular weight is 226 g/mol. The van der Waals surface area contributed by atoms with Gasteiger partial charge in [-0.15, -0.1) is 5.10 Å². The van der Waals surface area contributed by atoms with Gasteiger partial charge in [-0.05, 0) is 18.9 Å². The molecule has 0 aromatic carbocycles. The van der Waals surface area contributed by atoms with Crippen LogP contribution in [0.15, 0.2) is 6.20 Å². The van der Waals surface area contributed by atoms with Gasteiger partial charge in [0.25, 0.3) is 0 Å². The van der Waals surface area contributed by atoms with Crippen molar-refractivity contribution < 1.29 is 0 Å². The second-order valence-electron chi connectivity index (χ2n) is 4.00. The highest BCUT2D eigenvalue weighted by atomic mass is 15.4. The molecule has 0 unspecified atom stereocenters. The third-order valence-corrected chi connectivity index (χ3v) is 1.87. The van der Waals surface area contributed by atoms with E-state index in [-0.39, 0.29) is 0 Å². The topological polar surface area (TPSA) is 42.7 Å². The van der Waals surface area contributed by atoms with Gasteiger partial charge in [0.1, 0.15) is 0 Å². The number of nitrogens with one attached hydrogen (secondary N) is 1. The molecule has 0 saturated carbocycles. The van der Waals surface area contributed by atoms with Crippen LogP contribution in [-0.4, -0.2) is 21.5 Å². The average Bonchev–Trinajstić information content (AvgIpc) is 2.68. The van der Waals surface area contributed by atoms with Gasteiger partial charge in [-0.3, -0.25) is 4.68 Å². The molecule has 1 aromatic heterocycles. The standard InChI is InChI=1S/C10H20N4.C2H6/c1-4-5-11-6-10-8-14(13-12-10)7-9(2)3;1-2/h8-9,11H,4-7H2,1-3H3;1-2H3. The van der Waals surface area contributed by atoms with E-state index < -0.39 is 0 Å². The lowest BCUT2D eigenvalue weighted by Gasteiger charge is -2.02. The molecule has 1 heterocycles. The highest BCUT2D eigenvalue weighted by Crippen LogP contribution is 1.98. The fraction of sp³-hybridized carbons (Fsp3) is 0.833. The van der Waals surface area contributed by atoms with Crippen LogP contribution in [0.2, 0.25) is 0 Å². The Balaban J connectivity index is 0.00000106. The van der Waals surface area contributed by atoms with Crippen molar-refractivity contribution in [2.24, 2.45) is 5.92 Å². The molecule has 0 fully saturated rings. The summed E-state index contributed by atoms with van der Waals surface area (Å²) in [5.74, 6) is 0.619. The Bertz CT molecular complexity index is 255. The highest BCUT2D eigenvalue weighted by Gasteiger charge is 2.01. The van der Waals surface area contributed by atoms with E-state index in [1.54, 1.807) is 0 Å². The van der Waals surface area contributed by atoms with Crippen LogP contribution in [0.1, 0.15) is 46.7 Å². The maximum Gasteiger partial charge on any atom is 0.0964 e. The molecule has 0 spiro atoms. The van der Waals surface area contributed by atoms with Crippen molar-refractivity contribution in [2.45, 2.75) is 54.1 Å². The number of hydrogen-bond donors (Lipinski definition) is 1. The predicted octanol–water partition coefficient (Wildman–Crippen LogP) is 2.46. The summed E-state index contributed by atoms with van der Waals surface area (Å²) in [6, 6.07) is 0. The van der Waals surface area contributed by atoms with E-state index in [2.05, 4.69) is 36.4 Å². The number of aromatic nitrogens is 3. The molecule has 0 atom stereocenters. The Morgan fingerprint density at radius 1 is 1.38 bits per heavy atom. The van der Waals surface area contributed by atoms with Gasteiger partial charge in [-0.25, -0.2) is 0 Å². The van der Waals surface area contributed by atoms with Gasteiger partial charge >= 0.3 is 0 Å². The van der Waals surface area contributed by atoms with Gasteiger partial charge in [0, 0.05) is 19.3 Å². The first-order valence-electron chi connectivity index (χ1n) is 6.32. The van der Waals surface area contributed by atoms with Gasteiger partial charge in [0.2, 0.25) is 0 Å². The van der Waals surface area contributed by atoms with E-state index in [0.29, 0.717) is 5.92 Å². The number of nitrogens with zero attached hydrogens (tertiary/aromatic N) is 3. The summed E-state index contributed by atoms with van der Waals surface area (Å²) in [5, 5.41) is 11.5. The monoisotopic (exact) mass is 226 g/mol. The molecule has 16 heavy (non-hydrogen) atoms. The van der Waals surface area contributed by atoms with Crippen molar-refractivity contribution in [3.63, 3.8) is 0 Å². The minimum absolute atomic E-state index is 0.619. The molecule has 0 amide bonds. The SMILES string of the molecule is CC.CCCNCc1cn(CC(C)C)nn1. The molecule has 0 radical (unpaired) electrons. The van der Waals surface area contributed by atoms with E-state index in [1.807, 2.05) is 24.7 Å². The molecule has 94 valence electrons. The van der Waals surface area contributed by atoms with Crippen molar-refractivity contribution in [2.75, 3.05) is 6.54 Å². The van der Waals surface area contributed by atoms with Crippen LogP contribution >= 0.6 is 0 Å². The highest BCUT2D eigenvalue weighted by molar-refractivity contribution is 4.91. The fourth-order valence-electron chi connectivity index (χ4n) is 1.28. The Morgan fingerprint density at radius 3 is 2.62 bits per heavy atom. The summed E-state index contributed by atoms with van der Waals surface area (Å²) < 4.78 is 1.91. The zero-order chi connectivity index (χ0) is 12.4. The molecule has 0 aliphatic carbocycles. The number of rotatable bonds is 6. The zero-order valence-corrected chi connectivity index (χ0v) is 11.3. The Labute approximate surface area is 99.4 Å². The molecular weight excluding hydrogens is 200 g/mol. The van der Waals surface area contributed by atoms with E-state index in [4.69, 9.17) is 0 Å². The van der Waals surface area contributed by atoms with Gasteiger partial charge < -0.3 is 5.32 Å². The van der Waals surface area contributed by atoms with E-state index in [0.717, 1.165) is 31.7 Å². The van der Waals surface area contributed by atoms with Gasteiger partial charge in [0.05, 0.1) is 5.69 Å². The minimum atomic E-state index is 0.619. The predicted molar refractivity (Wildman–Crippen MR) is 68.2 cm³/mol. The molecule has 4 heteroatoms. The lowest BCUT2D eigenvalue weighted by Crippen LogP contribution is -2.13. The molecular formula is C12H26N4. The van der Waals surface area contributed by atoms with Crippen molar-refractivity contribution in [3.8, 4) is 0 Å². The number of hydrogen-bond acceptors (Lipinski definition) is 3. The first-order valence-corrected chi connectivity index (χ1v) is 6.32. The van der Waals surface area contributed by atoms with Gasteiger partial charge in [-0.1, -0.05) is 39.8 Å². The van der Waals surface area contributed by atoms with Crippen molar-refractivity contribution in [1.29, 1.82) is 0 Å². The molecule has 1 aromatic rings. The molecule has 0 aliphatic heterocycles. The van der Waals surface area contributed by atoms with Crippen LogP contribution in [0.5, 0.6) is 0 Å². The van der Waals surface area contributed by atoms with E-state index in [9.17, 15) is 0 Å². The first-order chi connectivity index (χ1) is 7.72. The lowest BCUT2D eigenvalue weighted by molar-refractivity contribution is 0.472. The quantitative estimate of drug-likeness (QED) is 0.758. The van der Waals surface area contributed by atoms with Crippen molar-refractivity contribution in [3.05, 3.63) is 11.9 Å². The van der Waals surface area contributed by atoms with E-state index in [1.165, 1.54) is 0 Å².